The molecule has 3 rings (SSSR count). The van der Waals surface area contributed by atoms with Crippen LogP contribution in [0.25, 0.3) is 0 Å². The number of β-amino-alcohol motifs (C(OH)–C–C–N with tert-alkyl or cyclic N) is 1. The van der Waals surface area contributed by atoms with Crippen LogP contribution in [0.3, 0.4) is 0 Å². The highest BCUT2D eigenvalue weighted by molar-refractivity contribution is 6.33. The molecule has 132 valence electrons. The van der Waals surface area contributed by atoms with Crippen LogP contribution in [0.1, 0.15) is 17.2 Å². The zero-order chi connectivity index (χ0) is 18.1. The number of nitro benzene ring substituents is 1. The van der Waals surface area contributed by atoms with Crippen LogP contribution in [0.15, 0.2) is 30.3 Å². The molecule has 0 unspecified atom stereocenters. The summed E-state index contributed by atoms with van der Waals surface area (Å²) in [5.41, 5.74) is 2.03. The molecule has 0 fully saturated rings. The lowest BCUT2D eigenvalue weighted by Crippen LogP contribution is -2.34. The highest BCUT2D eigenvalue weighted by atomic mass is 35.5. The summed E-state index contributed by atoms with van der Waals surface area (Å²) in [5, 5.41) is 21.8. The van der Waals surface area contributed by atoms with Gasteiger partial charge in [0.25, 0.3) is 5.69 Å². The minimum Gasteiger partial charge on any atom is -0.496 e. The number of aliphatic hydroxyl groups is 1. The topological polar surface area (TPSA) is 85.1 Å². The lowest BCUT2D eigenvalue weighted by Gasteiger charge is -2.35. The van der Waals surface area contributed by atoms with E-state index in [1.165, 1.54) is 12.1 Å². The van der Waals surface area contributed by atoms with Crippen molar-refractivity contribution >= 4 is 23.0 Å². The first-order valence-electron chi connectivity index (χ1n) is 7.57. The number of halogens is 1. The van der Waals surface area contributed by atoms with Crippen molar-refractivity contribution in [2.24, 2.45) is 0 Å². The summed E-state index contributed by atoms with van der Waals surface area (Å²) in [4.78, 5) is 12.2. The van der Waals surface area contributed by atoms with E-state index in [1.54, 1.807) is 32.4 Å². The lowest BCUT2D eigenvalue weighted by molar-refractivity contribution is -0.384. The van der Waals surface area contributed by atoms with Gasteiger partial charge < -0.3 is 19.5 Å². The molecule has 0 aliphatic carbocycles. The van der Waals surface area contributed by atoms with Crippen molar-refractivity contribution < 1.29 is 19.5 Å². The molecule has 2 aromatic carbocycles. The van der Waals surface area contributed by atoms with Crippen LogP contribution in [-0.2, 0) is 6.54 Å². The van der Waals surface area contributed by atoms with Crippen molar-refractivity contribution in [3.63, 3.8) is 0 Å². The fourth-order valence-corrected chi connectivity index (χ4v) is 3.42. The van der Waals surface area contributed by atoms with Gasteiger partial charge in [0.2, 0.25) is 0 Å². The van der Waals surface area contributed by atoms with Crippen LogP contribution in [0.5, 0.6) is 11.5 Å². The van der Waals surface area contributed by atoms with Gasteiger partial charge in [-0.05, 0) is 18.2 Å². The third-order valence-corrected chi connectivity index (χ3v) is 4.57. The summed E-state index contributed by atoms with van der Waals surface area (Å²) in [5.74, 6) is 1.23. The molecule has 8 heteroatoms. The van der Waals surface area contributed by atoms with Gasteiger partial charge in [-0.15, -0.1) is 0 Å². The van der Waals surface area contributed by atoms with Gasteiger partial charge in [0.1, 0.15) is 17.6 Å². The van der Waals surface area contributed by atoms with Crippen LogP contribution >= 0.6 is 11.6 Å². The molecule has 0 amide bonds. The Kier molecular flexibility index (Phi) is 4.69. The predicted octanol–water partition coefficient (Wildman–Crippen LogP) is 3.32. The predicted molar refractivity (Wildman–Crippen MR) is 93.7 cm³/mol. The first kappa shape index (κ1) is 17.3. The zero-order valence-electron chi connectivity index (χ0n) is 13.7. The average molecular weight is 365 g/mol. The molecule has 0 saturated heterocycles. The van der Waals surface area contributed by atoms with E-state index in [0.29, 0.717) is 29.3 Å². The Morgan fingerprint density at radius 1 is 1.24 bits per heavy atom. The summed E-state index contributed by atoms with van der Waals surface area (Å²) in [6.45, 7) is 0.721. The first-order chi connectivity index (χ1) is 12.0. The van der Waals surface area contributed by atoms with E-state index in [9.17, 15) is 15.2 Å². The van der Waals surface area contributed by atoms with E-state index in [4.69, 9.17) is 21.1 Å². The van der Waals surface area contributed by atoms with Crippen LogP contribution < -0.4 is 14.4 Å². The van der Waals surface area contributed by atoms with Crippen molar-refractivity contribution in [2.45, 2.75) is 12.6 Å². The largest absolute Gasteiger partial charge is 0.496 e. The highest BCUT2D eigenvalue weighted by Crippen LogP contribution is 2.42. The molecular weight excluding hydrogens is 348 g/mol. The molecular formula is C17H17ClN2O5. The first-order valence-corrected chi connectivity index (χ1v) is 7.94. The van der Waals surface area contributed by atoms with Gasteiger partial charge >= 0.3 is 0 Å². The second-order valence-electron chi connectivity index (χ2n) is 5.65. The summed E-state index contributed by atoms with van der Waals surface area (Å²) in [6.07, 6.45) is -0.806. The maximum Gasteiger partial charge on any atom is 0.271 e. The number of rotatable bonds is 4. The molecule has 1 heterocycles. The van der Waals surface area contributed by atoms with Crippen molar-refractivity contribution in [1.82, 2.24) is 0 Å². The minimum absolute atomic E-state index is 0.0778. The molecule has 0 saturated carbocycles. The van der Waals surface area contributed by atoms with E-state index in [1.807, 2.05) is 4.90 Å². The number of ether oxygens (including phenoxy) is 2. The van der Waals surface area contributed by atoms with Crippen LogP contribution in [0, 0.1) is 10.1 Å². The Balaban J connectivity index is 2.03. The Labute approximate surface area is 149 Å². The number of fused-ring (bicyclic) bond motifs is 1. The second kappa shape index (κ2) is 6.78. The number of non-ortho nitro benzene ring substituents is 1. The maximum atomic E-state index is 10.9. The number of anilines is 1. The standard InChI is InChI=1S/C17H17ClN2O5/c1-24-15-5-6-16(25-2)17-11(15)8-19(9-14(17)21)13-4-3-10(20(22)23)7-12(13)18/h3-7,14,21H,8-9H2,1-2H3/t14-/m1/s1. The quantitative estimate of drug-likeness (QED) is 0.661. The number of nitro groups is 1. The van der Waals surface area contributed by atoms with Gasteiger partial charge in [-0.1, -0.05) is 11.6 Å². The van der Waals surface area contributed by atoms with E-state index >= 15 is 0 Å². The van der Waals surface area contributed by atoms with Gasteiger partial charge in [0, 0.05) is 36.3 Å². The van der Waals surface area contributed by atoms with E-state index in [2.05, 4.69) is 0 Å². The Hall–Kier alpha value is -2.51. The lowest BCUT2D eigenvalue weighted by atomic mass is 9.94. The molecule has 0 aromatic heterocycles. The maximum absolute atomic E-state index is 10.9. The number of hydrogen-bond acceptors (Lipinski definition) is 6. The van der Waals surface area contributed by atoms with Crippen LogP contribution in [0.2, 0.25) is 5.02 Å². The molecule has 0 radical (unpaired) electrons. The molecule has 1 aliphatic heterocycles. The van der Waals surface area contributed by atoms with Crippen molar-refractivity contribution in [3.8, 4) is 11.5 Å². The van der Waals surface area contributed by atoms with Crippen molar-refractivity contribution in [3.05, 3.63) is 56.6 Å². The number of aliphatic hydroxyl groups excluding tert-OH is 1. The monoisotopic (exact) mass is 364 g/mol. The summed E-state index contributed by atoms with van der Waals surface area (Å²) >= 11 is 6.23. The zero-order valence-corrected chi connectivity index (χ0v) is 14.5. The summed E-state index contributed by atoms with van der Waals surface area (Å²) < 4.78 is 10.8. The number of hydrogen-bond donors (Lipinski definition) is 1. The van der Waals surface area contributed by atoms with Gasteiger partial charge in [-0.25, -0.2) is 0 Å². The average Bonchev–Trinajstić information content (AvgIpc) is 2.60. The molecule has 7 nitrogen and oxygen atoms in total. The Morgan fingerprint density at radius 3 is 2.52 bits per heavy atom. The fourth-order valence-electron chi connectivity index (χ4n) is 3.13. The second-order valence-corrected chi connectivity index (χ2v) is 6.06. The van der Waals surface area contributed by atoms with E-state index in [0.717, 1.165) is 5.56 Å². The number of benzene rings is 2. The molecule has 0 spiro atoms. The number of nitrogens with zero attached hydrogens (tertiary/aromatic N) is 2. The molecule has 1 N–H and O–H groups in total. The van der Waals surface area contributed by atoms with Crippen molar-refractivity contribution in [1.29, 1.82) is 0 Å². The van der Waals surface area contributed by atoms with Crippen LogP contribution in [-0.4, -0.2) is 30.8 Å². The molecule has 1 aliphatic rings. The highest BCUT2D eigenvalue weighted by Gasteiger charge is 2.30. The molecule has 1 atom stereocenters. The van der Waals surface area contributed by atoms with Crippen molar-refractivity contribution in [2.75, 3.05) is 25.7 Å². The molecule has 0 bridgehead atoms. The third kappa shape index (κ3) is 3.08. The fraction of sp³-hybridized carbons (Fsp3) is 0.294. The van der Waals surface area contributed by atoms with Gasteiger partial charge in [-0.3, -0.25) is 10.1 Å². The number of methoxy groups -OCH3 is 2. The van der Waals surface area contributed by atoms with Crippen LogP contribution in [0.4, 0.5) is 11.4 Å². The Morgan fingerprint density at radius 2 is 1.92 bits per heavy atom. The molecule has 25 heavy (non-hydrogen) atoms. The van der Waals surface area contributed by atoms with Gasteiger partial charge in [0.05, 0.1) is 29.9 Å². The SMILES string of the molecule is COc1ccc(OC)c2c1CN(c1ccc([N+](=O)[O-])cc1Cl)C[C@H]2O. The van der Waals surface area contributed by atoms with Gasteiger partial charge in [-0.2, -0.15) is 0 Å². The smallest absolute Gasteiger partial charge is 0.271 e. The molecule has 2 aromatic rings. The van der Waals surface area contributed by atoms with E-state index < -0.39 is 11.0 Å². The Bertz CT molecular complexity index is 827. The summed E-state index contributed by atoms with van der Waals surface area (Å²) in [7, 11) is 3.11. The minimum atomic E-state index is -0.806. The summed E-state index contributed by atoms with van der Waals surface area (Å²) in [6, 6.07) is 7.83. The third-order valence-electron chi connectivity index (χ3n) is 4.27. The van der Waals surface area contributed by atoms with Gasteiger partial charge in [0.15, 0.2) is 0 Å². The normalized spacial score (nSPS) is 16.3. The van der Waals surface area contributed by atoms with E-state index in [-0.39, 0.29) is 17.3 Å².